The Hall–Kier alpha value is -1.96. The lowest BCUT2D eigenvalue weighted by molar-refractivity contribution is 0.303. The van der Waals surface area contributed by atoms with Crippen LogP contribution in [0, 0.1) is 6.92 Å². The first-order valence-electron chi connectivity index (χ1n) is 6.72. The number of benzene rings is 2. The quantitative estimate of drug-likeness (QED) is 0.865. The summed E-state index contributed by atoms with van der Waals surface area (Å²) in [4.78, 5) is 0. The molecule has 0 fully saturated rings. The first kappa shape index (κ1) is 13.5. The van der Waals surface area contributed by atoms with Gasteiger partial charge in [-0.1, -0.05) is 37.3 Å². The number of anilines is 1. The SMILES string of the molecule is CCc1ccc(C)cc1OCc1ccccc1NC. The van der Waals surface area contributed by atoms with Crippen LogP contribution in [0.1, 0.15) is 23.6 Å². The summed E-state index contributed by atoms with van der Waals surface area (Å²) >= 11 is 0. The number of para-hydroxylation sites is 1. The zero-order chi connectivity index (χ0) is 13.7. The van der Waals surface area contributed by atoms with E-state index in [0.29, 0.717) is 6.61 Å². The van der Waals surface area contributed by atoms with Crippen molar-refractivity contribution in [2.75, 3.05) is 12.4 Å². The number of hydrogen-bond donors (Lipinski definition) is 1. The highest BCUT2D eigenvalue weighted by atomic mass is 16.5. The second-order valence-electron chi connectivity index (χ2n) is 4.66. The van der Waals surface area contributed by atoms with Gasteiger partial charge in [-0.25, -0.2) is 0 Å². The van der Waals surface area contributed by atoms with Crippen LogP contribution in [0.5, 0.6) is 5.75 Å². The molecule has 2 heteroatoms. The first-order chi connectivity index (χ1) is 9.24. The second-order valence-corrected chi connectivity index (χ2v) is 4.66. The van der Waals surface area contributed by atoms with E-state index in [9.17, 15) is 0 Å². The molecule has 2 aromatic carbocycles. The van der Waals surface area contributed by atoms with Crippen LogP contribution in [-0.4, -0.2) is 7.05 Å². The number of aryl methyl sites for hydroxylation is 2. The van der Waals surface area contributed by atoms with E-state index in [1.807, 2.05) is 19.2 Å². The Bertz CT molecular complexity index is 549. The third-order valence-electron chi connectivity index (χ3n) is 3.27. The molecule has 0 unspecified atom stereocenters. The lowest BCUT2D eigenvalue weighted by Crippen LogP contribution is -2.02. The maximum absolute atomic E-state index is 6.00. The number of hydrogen-bond acceptors (Lipinski definition) is 2. The summed E-state index contributed by atoms with van der Waals surface area (Å²) in [7, 11) is 1.93. The van der Waals surface area contributed by atoms with Crippen molar-refractivity contribution >= 4 is 5.69 Å². The summed E-state index contributed by atoms with van der Waals surface area (Å²) in [6.07, 6.45) is 0.989. The molecule has 0 aliphatic carbocycles. The fourth-order valence-electron chi connectivity index (χ4n) is 2.13. The fourth-order valence-corrected chi connectivity index (χ4v) is 2.13. The van der Waals surface area contributed by atoms with Crippen molar-refractivity contribution < 1.29 is 4.74 Å². The predicted octanol–water partition coefficient (Wildman–Crippen LogP) is 4.18. The predicted molar refractivity (Wildman–Crippen MR) is 80.9 cm³/mol. The van der Waals surface area contributed by atoms with Gasteiger partial charge in [-0.3, -0.25) is 0 Å². The molecule has 0 amide bonds. The minimum Gasteiger partial charge on any atom is -0.489 e. The minimum atomic E-state index is 0.591. The minimum absolute atomic E-state index is 0.591. The van der Waals surface area contributed by atoms with Crippen LogP contribution in [0.4, 0.5) is 5.69 Å². The molecule has 0 saturated carbocycles. The van der Waals surface area contributed by atoms with Crippen LogP contribution in [0.15, 0.2) is 42.5 Å². The van der Waals surface area contributed by atoms with Gasteiger partial charge in [0.15, 0.2) is 0 Å². The summed E-state index contributed by atoms with van der Waals surface area (Å²) in [5, 5.41) is 3.19. The van der Waals surface area contributed by atoms with Crippen LogP contribution in [0.2, 0.25) is 0 Å². The summed E-state index contributed by atoms with van der Waals surface area (Å²) in [5.41, 5.74) is 4.78. The Kier molecular flexibility index (Phi) is 4.45. The molecule has 0 aromatic heterocycles. The molecule has 0 aliphatic rings. The fraction of sp³-hybridized carbons (Fsp3) is 0.294. The average molecular weight is 255 g/mol. The van der Waals surface area contributed by atoms with Crippen molar-refractivity contribution in [3.8, 4) is 5.75 Å². The third-order valence-corrected chi connectivity index (χ3v) is 3.27. The summed E-state index contributed by atoms with van der Waals surface area (Å²) in [6, 6.07) is 14.6. The lowest BCUT2D eigenvalue weighted by atomic mass is 10.1. The van der Waals surface area contributed by atoms with E-state index in [1.165, 1.54) is 16.7 Å². The topological polar surface area (TPSA) is 21.3 Å². The van der Waals surface area contributed by atoms with Crippen LogP contribution in [-0.2, 0) is 13.0 Å². The van der Waals surface area contributed by atoms with E-state index in [1.54, 1.807) is 0 Å². The monoisotopic (exact) mass is 255 g/mol. The Balaban J connectivity index is 2.16. The molecule has 2 nitrogen and oxygen atoms in total. The molecule has 1 N–H and O–H groups in total. The summed E-state index contributed by atoms with van der Waals surface area (Å²) < 4.78 is 6.00. The highest BCUT2D eigenvalue weighted by molar-refractivity contribution is 5.50. The molecule has 0 bridgehead atoms. The normalized spacial score (nSPS) is 10.3. The van der Waals surface area contributed by atoms with Gasteiger partial charge in [0.05, 0.1) is 0 Å². The maximum Gasteiger partial charge on any atom is 0.123 e. The molecule has 0 aliphatic heterocycles. The maximum atomic E-state index is 6.00. The lowest BCUT2D eigenvalue weighted by Gasteiger charge is -2.13. The standard InChI is InChI=1S/C17H21NO/c1-4-14-10-9-13(2)11-17(14)19-12-15-7-5-6-8-16(15)18-3/h5-11,18H,4,12H2,1-3H3. The number of ether oxygens (including phenoxy) is 1. The van der Waals surface area contributed by atoms with Crippen molar-refractivity contribution in [3.05, 3.63) is 59.2 Å². The van der Waals surface area contributed by atoms with Gasteiger partial charge < -0.3 is 10.1 Å². The highest BCUT2D eigenvalue weighted by Gasteiger charge is 2.05. The van der Waals surface area contributed by atoms with E-state index in [2.05, 4.69) is 49.5 Å². The zero-order valence-corrected chi connectivity index (χ0v) is 11.9. The van der Waals surface area contributed by atoms with Gasteiger partial charge in [0.1, 0.15) is 12.4 Å². The van der Waals surface area contributed by atoms with Crippen molar-refractivity contribution in [3.63, 3.8) is 0 Å². The Morgan fingerprint density at radius 3 is 2.58 bits per heavy atom. The van der Waals surface area contributed by atoms with E-state index in [4.69, 9.17) is 4.74 Å². The second kappa shape index (κ2) is 6.28. The summed E-state index contributed by atoms with van der Waals surface area (Å²) in [5.74, 6) is 0.994. The van der Waals surface area contributed by atoms with E-state index < -0.39 is 0 Å². The Morgan fingerprint density at radius 2 is 1.84 bits per heavy atom. The largest absolute Gasteiger partial charge is 0.489 e. The average Bonchev–Trinajstić information content (AvgIpc) is 2.45. The Labute approximate surface area is 115 Å². The molecule has 0 atom stereocenters. The van der Waals surface area contributed by atoms with E-state index in [-0.39, 0.29) is 0 Å². The van der Waals surface area contributed by atoms with Crippen LogP contribution >= 0.6 is 0 Å². The van der Waals surface area contributed by atoms with Crippen molar-refractivity contribution in [2.45, 2.75) is 26.9 Å². The smallest absolute Gasteiger partial charge is 0.123 e. The molecule has 0 saturated heterocycles. The van der Waals surface area contributed by atoms with Gasteiger partial charge in [0.2, 0.25) is 0 Å². The molecule has 0 radical (unpaired) electrons. The van der Waals surface area contributed by atoms with Crippen molar-refractivity contribution in [1.29, 1.82) is 0 Å². The van der Waals surface area contributed by atoms with Gasteiger partial charge in [0.25, 0.3) is 0 Å². The van der Waals surface area contributed by atoms with Crippen molar-refractivity contribution in [1.82, 2.24) is 0 Å². The summed E-state index contributed by atoms with van der Waals surface area (Å²) in [6.45, 7) is 4.83. The molecular weight excluding hydrogens is 234 g/mol. The van der Waals surface area contributed by atoms with Crippen LogP contribution in [0.25, 0.3) is 0 Å². The molecule has 19 heavy (non-hydrogen) atoms. The molecule has 100 valence electrons. The van der Waals surface area contributed by atoms with Crippen LogP contribution < -0.4 is 10.1 Å². The molecule has 2 rings (SSSR count). The van der Waals surface area contributed by atoms with Crippen molar-refractivity contribution in [2.24, 2.45) is 0 Å². The van der Waals surface area contributed by atoms with Gasteiger partial charge in [-0.05, 0) is 36.6 Å². The first-order valence-corrected chi connectivity index (χ1v) is 6.72. The van der Waals surface area contributed by atoms with E-state index in [0.717, 1.165) is 17.9 Å². The number of rotatable bonds is 5. The van der Waals surface area contributed by atoms with E-state index >= 15 is 0 Å². The molecular formula is C17H21NO. The van der Waals surface area contributed by atoms with Gasteiger partial charge in [-0.15, -0.1) is 0 Å². The van der Waals surface area contributed by atoms with Gasteiger partial charge in [0, 0.05) is 18.3 Å². The number of nitrogens with one attached hydrogen (secondary N) is 1. The molecule has 0 spiro atoms. The highest BCUT2D eigenvalue weighted by Crippen LogP contribution is 2.23. The zero-order valence-electron chi connectivity index (χ0n) is 11.9. The van der Waals surface area contributed by atoms with Gasteiger partial charge >= 0.3 is 0 Å². The van der Waals surface area contributed by atoms with Crippen LogP contribution in [0.3, 0.4) is 0 Å². The Morgan fingerprint density at radius 1 is 1.05 bits per heavy atom. The molecule has 2 aromatic rings. The molecule has 0 heterocycles. The third kappa shape index (κ3) is 3.28. The van der Waals surface area contributed by atoms with Gasteiger partial charge in [-0.2, -0.15) is 0 Å².